The molecule has 1 aromatic carbocycles. The van der Waals surface area contributed by atoms with Crippen LogP contribution in [0.4, 0.5) is 11.4 Å². The molecule has 7 heteroatoms. The second kappa shape index (κ2) is 5.80. The van der Waals surface area contributed by atoms with Gasteiger partial charge in [0, 0.05) is 18.6 Å². The van der Waals surface area contributed by atoms with Gasteiger partial charge in [0.15, 0.2) is 0 Å². The Labute approximate surface area is 97.4 Å². The number of nitrogens with zero attached hydrogens (tertiary/aromatic N) is 1. The Balaban J connectivity index is 2.79. The maximum Gasteiger partial charge on any atom is 0.271 e. The molecular weight excluding hydrogens is 226 g/mol. The molecule has 0 spiro atoms. The van der Waals surface area contributed by atoms with E-state index in [0.717, 1.165) is 18.2 Å². The van der Waals surface area contributed by atoms with Gasteiger partial charge in [-0.25, -0.2) is 0 Å². The number of hydrogen-bond acceptors (Lipinski definition) is 5. The number of rotatable bonds is 5. The number of nitrogens with two attached hydrogens (primary N) is 1. The van der Waals surface area contributed by atoms with Gasteiger partial charge in [-0.15, -0.1) is 0 Å². The van der Waals surface area contributed by atoms with Crippen molar-refractivity contribution in [3.8, 4) is 5.75 Å². The van der Waals surface area contributed by atoms with E-state index in [9.17, 15) is 20.0 Å². The van der Waals surface area contributed by atoms with Gasteiger partial charge in [0.05, 0.1) is 10.6 Å². The molecule has 0 aromatic heterocycles. The average Bonchev–Trinajstić information content (AvgIpc) is 2.29. The summed E-state index contributed by atoms with van der Waals surface area (Å²) in [5.41, 5.74) is 5.08. The fourth-order valence-electron chi connectivity index (χ4n) is 1.21. The zero-order valence-corrected chi connectivity index (χ0v) is 9.05. The lowest BCUT2D eigenvalue weighted by atomic mass is 10.2. The number of nitrogens with one attached hydrogen (secondary N) is 1. The highest BCUT2D eigenvalue weighted by atomic mass is 16.6. The number of benzene rings is 1. The Morgan fingerprint density at radius 2 is 2.24 bits per heavy atom. The standard InChI is InChI=1S/C10H13N3O4/c11-5-1-2-10(15)12-8-6-7(13(16)17)3-4-9(8)14/h3-4,6,14H,1-2,5,11H2,(H,12,15). The molecule has 1 aromatic rings. The zero-order valence-electron chi connectivity index (χ0n) is 9.05. The summed E-state index contributed by atoms with van der Waals surface area (Å²) < 4.78 is 0. The summed E-state index contributed by atoms with van der Waals surface area (Å²) in [5, 5.41) is 22.3. The minimum atomic E-state index is -0.602. The quantitative estimate of drug-likeness (QED) is 0.402. The predicted molar refractivity (Wildman–Crippen MR) is 61.7 cm³/mol. The highest BCUT2D eigenvalue weighted by Gasteiger charge is 2.12. The van der Waals surface area contributed by atoms with Crippen LogP contribution in [0.5, 0.6) is 5.75 Å². The molecule has 0 atom stereocenters. The molecule has 0 radical (unpaired) electrons. The molecule has 0 unspecified atom stereocenters. The SMILES string of the molecule is NCCCC(=O)Nc1cc([N+](=O)[O-])ccc1O. The van der Waals surface area contributed by atoms with Crippen molar-refractivity contribution >= 4 is 17.3 Å². The van der Waals surface area contributed by atoms with Gasteiger partial charge in [0.2, 0.25) is 5.91 Å². The molecule has 4 N–H and O–H groups in total. The average molecular weight is 239 g/mol. The Kier molecular flexibility index (Phi) is 4.41. The van der Waals surface area contributed by atoms with E-state index in [4.69, 9.17) is 5.73 Å². The van der Waals surface area contributed by atoms with E-state index in [1.54, 1.807) is 0 Å². The molecular formula is C10H13N3O4. The van der Waals surface area contributed by atoms with Gasteiger partial charge in [-0.2, -0.15) is 0 Å². The van der Waals surface area contributed by atoms with Crippen LogP contribution in [-0.2, 0) is 4.79 Å². The molecule has 7 nitrogen and oxygen atoms in total. The molecule has 0 aliphatic carbocycles. The number of nitro groups is 1. The summed E-state index contributed by atoms with van der Waals surface area (Å²) in [7, 11) is 0. The van der Waals surface area contributed by atoms with Crippen LogP contribution in [0.2, 0.25) is 0 Å². The van der Waals surface area contributed by atoms with E-state index in [0.29, 0.717) is 13.0 Å². The number of hydrogen-bond donors (Lipinski definition) is 3. The van der Waals surface area contributed by atoms with Crippen molar-refractivity contribution in [2.45, 2.75) is 12.8 Å². The Bertz CT molecular complexity index is 434. The van der Waals surface area contributed by atoms with Gasteiger partial charge in [-0.1, -0.05) is 0 Å². The topological polar surface area (TPSA) is 118 Å². The Hall–Kier alpha value is -2.15. The van der Waals surface area contributed by atoms with Crippen molar-refractivity contribution in [3.63, 3.8) is 0 Å². The lowest BCUT2D eigenvalue weighted by molar-refractivity contribution is -0.384. The molecule has 1 rings (SSSR count). The number of aromatic hydroxyl groups is 1. The van der Waals surface area contributed by atoms with Crippen LogP contribution in [0.15, 0.2) is 18.2 Å². The van der Waals surface area contributed by atoms with Crippen molar-refractivity contribution in [1.82, 2.24) is 0 Å². The molecule has 0 saturated heterocycles. The summed E-state index contributed by atoms with van der Waals surface area (Å²) in [4.78, 5) is 21.3. The highest BCUT2D eigenvalue weighted by Crippen LogP contribution is 2.27. The Morgan fingerprint density at radius 3 is 2.82 bits per heavy atom. The minimum Gasteiger partial charge on any atom is -0.506 e. The number of amides is 1. The van der Waals surface area contributed by atoms with Crippen molar-refractivity contribution < 1.29 is 14.8 Å². The van der Waals surface area contributed by atoms with E-state index in [-0.39, 0.29) is 29.5 Å². The van der Waals surface area contributed by atoms with E-state index in [1.807, 2.05) is 0 Å². The third-order valence-electron chi connectivity index (χ3n) is 2.07. The largest absolute Gasteiger partial charge is 0.506 e. The number of anilines is 1. The fraction of sp³-hybridized carbons (Fsp3) is 0.300. The maximum atomic E-state index is 11.4. The normalized spacial score (nSPS) is 9.94. The number of phenols is 1. The maximum absolute atomic E-state index is 11.4. The van der Waals surface area contributed by atoms with Crippen LogP contribution in [-0.4, -0.2) is 22.5 Å². The molecule has 0 fully saturated rings. The van der Waals surface area contributed by atoms with Crippen molar-refractivity contribution in [2.24, 2.45) is 5.73 Å². The van der Waals surface area contributed by atoms with Crippen molar-refractivity contribution in [2.75, 3.05) is 11.9 Å². The van der Waals surface area contributed by atoms with E-state index in [1.165, 1.54) is 0 Å². The van der Waals surface area contributed by atoms with E-state index in [2.05, 4.69) is 5.32 Å². The number of nitro benzene ring substituents is 1. The Morgan fingerprint density at radius 1 is 1.53 bits per heavy atom. The number of non-ortho nitro benzene ring substituents is 1. The third-order valence-corrected chi connectivity index (χ3v) is 2.07. The summed E-state index contributed by atoms with van der Waals surface area (Å²) in [6.45, 7) is 0.383. The van der Waals surface area contributed by atoms with Gasteiger partial charge in [0.1, 0.15) is 5.75 Å². The highest BCUT2D eigenvalue weighted by molar-refractivity contribution is 5.92. The van der Waals surface area contributed by atoms with Crippen LogP contribution in [0.1, 0.15) is 12.8 Å². The first-order valence-corrected chi connectivity index (χ1v) is 5.02. The predicted octanol–water partition coefficient (Wildman–Crippen LogP) is 0.978. The first kappa shape index (κ1) is 12.9. The summed E-state index contributed by atoms with van der Waals surface area (Å²) >= 11 is 0. The molecule has 17 heavy (non-hydrogen) atoms. The lowest BCUT2D eigenvalue weighted by Gasteiger charge is -2.06. The zero-order chi connectivity index (χ0) is 12.8. The molecule has 1 amide bonds. The molecule has 0 saturated carbocycles. The van der Waals surface area contributed by atoms with Crippen LogP contribution in [0.3, 0.4) is 0 Å². The second-order valence-corrected chi connectivity index (χ2v) is 3.40. The number of carbonyl (C=O) groups is 1. The molecule has 0 aliphatic rings. The number of carbonyl (C=O) groups excluding carboxylic acids is 1. The summed E-state index contributed by atoms with van der Waals surface area (Å²) in [6, 6.07) is 3.43. The molecule has 92 valence electrons. The third kappa shape index (κ3) is 3.72. The van der Waals surface area contributed by atoms with Crippen LogP contribution in [0.25, 0.3) is 0 Å². The smallest absolute Gasteiger partial charge is 0.271 e. The van der Waals surface area contributed by atoms with Gasteiger partial charge in [0.25, 0.3) is 5.69 Å². The second-order valence-electron chi connectivity index (χ2n) is 3.40. The van der Waals surface area contributed by atoms with Crippen molar-refractivity contribution in [1.29, 1.82) is 0 Å². The van der Waals surface area contributed by atoms with Crippen LogP contribution in [0, 0.1) is 10.1 Å². The lowest BCUT2D eigenvalue weighted by Crippen LogP contribution is -2.13. The van der Waals surface area contributed by atoms with Gasteiger partial charge in [-0.3, -0.25) is 14.9 Å². The number of phenolic OH excluding ortho intramolecular Hbond substituents is 1. The van der Waals surface area contributed by atoms with Gasteiger partial charge in [-0.05, 0) is 19.0 Å². The molecule has 0 heterocycles. The van der Waals surface area contributed by atoms with Gasteiger partial charge < -0.3 is 16.2 Å². The summed E-state index contributed by atoms with van der Waals surface area (Å²) in [6.07, 6.45) is 0.722. The van der Waals surface area contributed by atoms with Crippen molar-refractivity contribution in [3.05, 3.63) is 28.3 Å². The molecule has 0 aliphatic heterocycles. The van der Waals surface area contributed by atoms with E-state index < -0.39 is 4.92 Å². The fourth-order valence-corrected chi connectivity index (χ4v) is 1.21. The van der Waals surface area contributed by atoms with Gasteiger partial charge >= 0.3 is 0 Å². The first-order chi connectivity index (χ1) is 8.04. The molecule has 0 bridgehead atoms. The van der Waals surface area contributed by atoms with E-state index >= 15 is 0 Å². The summed E-state index contributed by atoms with van der Waals surface area (Å²) in [5.74, 6) is -0.553. The first-order valence-electron chi connectivity index (χ1n) is 5.02. The van der Waals surface area contributed by atoms with Crippen LogP contribution >= 0.6 is 0 Å². The van der Waals surface area contributed by atoms with Crippen LogP contribution < -0.4 is 11.1 Å². The monoisotopic (exact) mass is 239 g/mol. The minimum absolute atomic E-state index is 0.0289.